The van der Waals surface area contributed by atoms with E-state index in [4.69, 9.17) is 0 Å². The predicted molar refractivity (Wildman–Crippen MR) is 127 cm³/mol. The number of amides is 2. The van der Waals surface area contributed by atoms with Gasteiger partial charge in [-0.2, -0.15) is 0 Å². The normalized spacial score (nSPS) is 13.4. The summed E-state index contributed by atoms with van der Waals surface area (Å²) < 4.78 is 34.5. The second kappa shape index (κ2) is 23.7. The number of imide groups is 1. The minimum Gasteiger partial charge on any atom is -0.726 e. The summed E-state index contributed by atoms with van der Waals surface area (Å²) in [4.78, 5) is 24.3. The Bertz CT molecular complexity index is 586. The number of unbranched alkanes of at least 4 members (excludes halogenated alkanes) is 13. The van der Waals surface area contributed by atoms with Crippen LogP contribution < -0.4 is 29.6 Å². The summed E-state index contributed by atoms with van der Waals surface area (Å²) in [5.74, 6) is 0.0579. The van der Waals surface area contributed by atoms with Gasteiger partial charge in [-0.05, 0) is 19.3 Å². The Hall–Kier alpha value is 0.01000. The van der Waals surface area contributed by atoms with Crippen molar-refractivity contribution in [1.82, 2.24) is 4.90 Å². The van der Waals surface area contributed by atoms with E-state index in [1.165, 1.54) is 69.1 Å². The number of carbonyl (C=O) groups is 2. The van der Waals surface area contributed by atoms with Crippen LogP contribution in [0.3, 0.4) is 0 Å². The first-order valence-corrected chi connectivity index (χ1v) is 14.1. The van der Waals surface area contributed by atoms with Crippen LogP contribution in [-0.4, -0.2) is 42.8 Å². The smallest absolute Gasteiger partial charge is 0.726 e. The molecule has 0 atom stereocenters. The molecule has 0 unspecified atom stereocenters. The van der Waals surface area contributed by atoms with E-state index in [9.17, 15) is 22.6 Å². The van der Waals surface area contributed by atoms with Gasteiger partial charge in [-0.3, -0.25) is 18.7 Å². The molecule has 0 aromatic rings. The van der Waals surface area contributed by atoms with E-state index in [1.807, 2.05) is 0 Å². The maximum atomic E-state index is 11.6. The van der Waals surface area contributed by atoms with Gasteiger partial charge in [-0.25, -0.2) is 8.42 Å². The fourth-order valence-corrected chi connectivity index (χ4v) is 4.00. The molecule has 0 aromatic heterocycles. The molecule has 9 heteroatoms. The van der Waals surface area contributed by atoms with Crippen molar-refractivity contribution in [1.29, 1.82) is 0 Å². The molecular weight excluding hydrogens is 453 g/mol. The molecule has 1 heterocycles. The van der Waals surface area contributed by atoms with Crippen LogP contribution in [0.1, 0.15) is 129 Å². The van der Waals surface area contributed by atoms with Gasteiger partial charge >= 0.3 is 29.6 Å². The molecule has 0 aliphatic carbocycles. The average Bonchev–Trinajstić information content (AvgIpc) is 3.17. The first-order valence-electron chi connectivity index (χ1n) is 12.7. The molecule has 0 bridgehead atoms. The van der Waals surface area contributed by atoms with Crippen molar-refractivity contribution in [2.24, 2.45) is 0 Å². The zero-order chi connectivity index (χ0) is 24.1. The van der Waals surface area contributed by atoms with Crippen molar-refractivity contribution in [2.75, 3.05) is 13.2 Å². The van der Waals surface area contributed by atoms with Crippen LogP contribution in [0.4, 0.5) is 0 Å². The van der Waals surface area contributed by atoms with Gasteiger partial charge in [0.2, 0.25) is 22.2 Å². The fraction of sp³-hybridized carbons (Fsp3) is 0.917. The van der Waals surface area contributed by atoms with E-state index >= 15 is 0 Å². The monoisotopic (exact) mass is 499 g/mol. The van der Waals surface area contributed by atoms with E-state index in [-0.39, 0.29) is 48.0 Å². The molecule has 1 aliphatic rings. The van der Waals surface area contributed by atoms with Gasteiger partial charge < -0.3 is 4.55 Å². The molecule has 0 spiro atoms. The Morgan fingerprint density at radius 1 is 0.848 bits per heavy atom. The number of rotatable bonds is 18. The summed E-state index contributed by atoms with van der Waals surface area (Å²) in [6.07, 6.45) is 19.4. The summed E-state index contributed by atoms with van der Waals surface area (Å²) in [6.45, 7) is 5.06. The molecular formula is C24H46NNaO6S. The number of nitrogens with zero attached hydrogens (tertiary/aromatic N) is 1. The molecule has 0 aromatic carbocycles. The van der Waals surface area contributed by atoms with Crippen molar-refractivity contribution in [3.05, 3.63) is 0 Å². The zero-order valence-corrected chi connectivity index (χ0v) is 24.3. The summed E-state index contributed by atoms with van der Waals surface area (Å²) in [5, 5.41) is 0. The third-order valence-corrected chi connectivity index (χ3v) is 6.05. The van der Waals surface area contributed by atoms with Gasteiger partial charge in [0, 0.05) is 19.4 Å². The van der Waals surface area contributed by atoms with Gasteiger partial charge in [0.05, 0.1) is 6.61 Å². The second-order valence-electron chi connectivity index (χ2n) is 8.62. The van der Waals surface area contributed by atoms with Crippen LogP contribution in [-0.2, 0) is 24.2 Å². The van der Waals surface area contributed by atoms with E-state index in [1.54, 1.807) is 0 Å². The maximum absolute atomic E-state index is 11.6. The summed E-state index contributed by atoms with van der Waals surface area (Å²) in [6, 6.07) is 0. The van der Waals surface area contributed by atoms with Crippen molar-refractivity contribution < 1.29 is 56.3 Å². The molecule has 0 N–H and O–H groups in total. The van der Waals surface area contributed by atoms with E-state index in [0.717, 1.165) is 32.1 Å². The molecule has 0 radical (unpaired) electrons. The molecule has 1 saturated heterocycles. The number of hydrogen-bond acceptors (Lipinski definition) is 6. The fourth-order valence-electron chi connectivity index (χ4n) is 3.68. The molecule has 0 saturated carbocycles. The number of hydrogen-bond donors (Lipinski definition) is 0. The Kier molecular flexibility index (Phi) is 25.3. The Labute approximate surface area is 225 Å². The first-order chi connectivity index (χ1) is 15.3. The molecule has 7 nitrogen and oxygen atoms in total. The Morgan fingerprint density at radius 2 is 1.30 bits per heavy atom. The topological polar surface area (TPSA) is 104 Å². The van der Waals surface area contributed by atoms with Gasteiger partial charge in [-0.1, -0.05) is 97.3 Å². The van der Waals surface area contributed by atoms with Crippen LogP contribution in [0, 0.1) is 0 Å². The molecule has 2 amide bonds. The second-order valence-corrected chi connectivity index (χ2v) is 9.67. The predicted octanol–water partition coefficient (Wildman–Crippen LogP) is 2.88. The third-order valence-electron chi connectivity index (χ3n) is 5.59. The van der Waals surface area contributed by atoms with Crippen LogP contribution in [0.5, 0.6) is 0 Å². The van der Waals surface area contributed by atoms with E-state index in [0.29, 0.717) is 25.8 Å². The van der Waals surface area contributed by atoms with Gasteiger partial charge in [0.25, 0.3) is 0 Å². The SMILES string of the molecule is CCCCCCCC(=O)N1CCCC1=O.CCCCCCCCCCCCOS(=O)(=O)[O-].[Na+]. The van der Waals surface area contributed by atoms with Crippen molar-refractivity contribution >= 4 is 22.2 Å². The summed E-state index contributed by atoms with van der Waals surface area (Å²) >= 11 is 0. The van der Waals surface area contributed by atoms with Crippen LogP contribution in [0.15, 0.2) is 0 Å². The van der Waals surface area contributed by atoms with Crippen LogP contribution >= 0.6 is 0 Å². The van der Waals surface area contributed by atoms with Gasteiger partial charge in [0.1, 0.15) is 0 Å². The molecule has 1 rings (SSSR count). The van der Waals surface area contributed by atoms with Gasteiger partial charge in [0.15, 0.2) is 0 Å². The van der Waals surface area contributed by atoms with E-state index < -0.39 is 10.4 Å². The van der Waals surface area contributed by atoms with Crippen molar-refractivity contribution in [2.45, 2.75) is 129 Å². The van der Waals surface area contributed by atoms with Crippen molar-refractivity contribution in [3.8, 4) is 0 Å². The quantitative estimate of drug-likeness (QED) is 0.124. The van der Waals surface area contributed by atoms with Gasteiger partial charge in [-0.15, -0.1) is 0 Å². The third kappa shape index (κ3) is 23.5. The molecule has 1 fully saturated rings. The van der Waals surface area contributed by atoms with Crippen molar-refractivity contribution in [3.63, 3.8) is 0 Å². The van der Waals surface area contributed by atoms with E-state index in [2.05, 4.69) is 18.0 Å². The minimum absolute atomic E-state index is 0. The largest absolute Gasteiger partial charge is 1.00 e. The number of likely N-dealkylation sites (tertiary alicyclic amines) is 1. The maximum Gasteiger partial charge on any atom is 1.00 e. The minimum atomic E-state index is -4.48. The summed E-state index contributed by atoms with van der Waals surface area (Å²) in [5.41, 5.74) is 0. The first kappa shape index (κ1) is 35.2. The molecule has 33 heavy (non-hydrogen) atoms. The van der Waals surface area contributed by atoms with Crippen LogP contribution in [0.2, 0.25) is 0 Å². The molecule has 190 valence electrons. The average molecular weight is 500 g/mol. The Balaban J connectivity index is 0. The zero-order valence-electron chi connectivity index (χ0n) is 21.4. The summed E-state index contributed by atoms with van der Waals surface area (Å²) in [7, 11) is -4.48. The molecule has 1 aliphatic heterocycles. The number of carbonyl (C=O) groups excluding carboxylic acids is 2. The Morgan fingerprint density at radius 3 is 1.73 bits per heavy atom. The van der Waals surface area contributed by atoms with Crippen LogP contribution in [0.25, 0.3) is 0 Å². The standard InChI is InChI=1S/C12H21NO2.C12H26O4S.Na/c1-2-3-4-5-6-8-11(14)13-10-7-9-12(13)15;1-2-3-4-5-6-7-8-9-10-11-12-16-17(13,14)15;/h2-10H2,1H3;2-12H2,1H3,(H,13,14,15);/q;;+1/p-1.